The maximum Gasteiger partial charge on any atom is 0.255 e. The van der Waals surface area contributed by atoms with E-state index in [1.54, 1.807) is 12.1 Å². The number of amides is 1. The lowest BCUT2D eigenvalue weighted by Gasteiger charge is -2.08. The second-order valence-corrected chi connectivity index (χ2v) is 5.25. The summed E-state index contributed by atoms with van der Waals surface area (Å²) >= 11 is 5.94. The highest BCUT2D eigenvalue weighted by Crippen LogP contribution is 2.21. The Kier molecular flexibility index (Phi) is 3.61. The summed E-state index contributed by atoms with van der Waals surface area (Å²) in [5, 5.41) is 15.2. The van der Waals surface area contributed by atoms with E-state index in [0.717, 1.165) is 18.8 Å². The van der Waals surface area contributed by atoms with Crippen molar-refractivity contribution < 1.29 is 4.79 Å². The van der Waals surface area contributed by atoms with Crippen LogP contribution in [0.25, 0.3) is 0 Å². The molecule has 21 heavy (non-hydrogen) atoms. The predicted octanol–water partition coefficient (Wildman–Crippen LogP) is 3.07. The van der Waals surface area contributed by atoms with Crippen molar-refractivity contribution in [1.29, 1.82) is 5.26 Å². The molecule has 2 N–H and O–H groups in total. The molecule has 0 radical (unpaired) electrons. The van der Waals surface area contributed by atoms with Gasteiger partial charge < -0.3 is 10.6 Å². The largest absolute Gasteiger partial charge is 0.322 e. The molecule has 2 aromatic rings. The van der Waals surface area contributed by atoms with Crippen LogP contribution in [0, 0.1) is 11.3 Å². The Labute approximate surface area is 127 Å². The van der Waals surface area contributed by atoms with Crippen LogP contribution in [-0.2, 0) is 13.1 Å². The number of hydrogen-bond acceptors (Lipinski definition) is 3. The zero-order chi connectivity index (χ0) is 14.8. The Balaban J connectivity index is 1.80. The van der Waals surface area contributed by atoms with Crippen molar-refractivity contribution in [3.05, 3.63) is 63.7 Å². The highest BCUT2D eigenvalue weighted by atomic mass is 35.5. The Morgan fingerprint density at radius 1 is 1.19 bits per heavy atom. The summed E-state index contributed by atoms with van der Waals surface area (Å²) in [6.07, 6.45) is 0. The average Bonchev–Trinajstić information content (AvgIpc) is 2.94. The van der Waals surface area contributed by atoms with Gasteiger partial charge in [0.2, 0.25) is 0 Å². The van der Waals surface area contributed by atoms with Crippen LogP contribution < -0.4 is 10.6 Å². The maximum absolute atomic E-state index is 12.2. The number of carbonyl (C=O) groups excluding carboxylic acids is 1. The van der Waals surface area contributed by atoms with Gasteiger partial charge in [0.05, 0.1) is 10.6 Å². The zero-order valence-corrected chi connectivity index (χ0v) is 11.9. The van der Waals surface area contributed by atoms with E-state index < -0.39 is 0 Å². The molecule has 1 aliphatic heterocycles. The lowest BCUT2D eigenvalue weighted by molar-refractivity contribution is 0.102. The minimum absolute atomic E-state index is 0.243. The van der Waals surface area contributed by atoms with Gasteiger partial charge in [-0.15, -0.1) is 0 Å². The van der Waals surface area contributed by atoms with E-state index in [4.69, 9.17) is 16.9 Å². The fraction of sp³-hybridized carbons (Fsp3) is 0.125. The number of carbonyl (C=O) groups is 1. The molecule has 4 nitrogen and oxygen atoms in total. The molecule has 104 valence electrons. The summed E-state index contributed by atoms with van der Waals surface area (Å²) in [6, 6.07) is 12.5. The maximum atomic E-state index is 12.2. The summed E-state index contributed by atoms with van der Waals surface area (Å²) in [6.45, 7) is 1.69. The molecule has 0 atom stereocenters. The van der Waals surface area contributed by atoms with Crippen LogP contribution in [-0.4, -0.2) is 5.91 Å². The topological polar surface area (TPSA) is 64.9 Å². The van der Waals surface area contributed by atoms with Gasteiger partial charge in [0, 0.05) is 24.3 Å². The van der Waals surface area contributed by atoms with Crippen LogP contribution in [0.5, 0.6) is 0 Å². The molecule has 1 heterocycles. The fourth-order valence-corrected chi connectivity index (χ4v) is 2.55. The smallest absolute Gasteiger partial charge is 0.255 e. The zero-order valence-electron chi connectivity index (χ0n) is 11.1. The first-order valence-electron chi connectivity index (χ1n) is 6.51. The number of fused-ring (bicyclic) bond motifs is 1. The van der Waals surface area contributed by atoms with Crippen molar-refractivity contribution in [2.45, 2.75) is 13.1 Å². The number of halogens is 1. The molecule has 1 aliphatic rings. The van der Waals surface area contributed by atoms with E-state index in [1.807, 2.05) is 24.3 Å². The van der Waals surface area contributed by atoms with Crippen molar-refractivity contribution in [3.8, 4) is 6.07 Å². The molecule has 0 bridgehead atoms. The van der Waals surface area contributed by atoms with Crippen LogP contribution in [0.1, 0.15) is 27.0 Å². The number of nitrogens with one attached hydrogen (secondary N) is 2. The third-order valence-corrected chi connectivity index (χ3v) is 3.76. The molecule has 0 unspecified atom stereocenters. The highest BCUT2D eigenvalue weighted by molar-refractivity contribution is 6.32. The molecule has 0 aliphatic carbocycles. The van der Waals surface area contributed by atoms with E-state index in [1.165, 1.54) is 17.2 Å². The van der Waals surface area contributed by atoms with Gasteiger partial charge in [-0.25, -0.2) is 0 Å². The molecule has 0 saturated heterocycles. The number of nitriles is 1. The molecule has 5 heteroatoms. The molecule has 0 saturated carbocycles. The number of benzene rings is 2. The first-order chi connectivity index (χ1) is 10.2. The van der Waals surface area contributed by atoms with Crippen LogP contribution >= 0.6 is 11.6 Å². The van der Waals surface area contributed by atoms with Crippen molar-refractivity contribution >= 4 is 23.2 Å². The standard InChI is InChI=1S/C16H12ClN3O/c17-15-6-10(1-2-11(15)7-18)16(21)20-14-4-3-12-8-19-9-13(12)5-14/h1-6,19H,8-9H2,(H,20,21). The van der Waals surface area contributed by atoms with E-state index >= 15 is 0 Å². The third kappa shape index (κ3) is 2.75. The van der Waals surface area contributed by atoms with Gasteiger partial charge in [0.25, 0.3) is 5.91 Å². The third-order valence-electron chi connectivity index (χ3n) is 3.45. The van der Waals surface area contributed by atoms with Crippen molar-refractivity contribution in [2.75, 3.05) is 5.32 Å². The van der Waals surface area contributed by atoms with Gasteiger partial charge in [0.1, 0.15) is 6.07 Å². The van der Waals surface area contributed by atoms with Gasteiger partial charge in [-0.1, -0.05) is 17.7 Å². The van der Waals surface area contributed by atoms with Crippen molar-refractivity contribution in [2.24, 2.45) is 0 Å². The van der Waals surface area contributed by atoms with Crippen LogP contribution in [0.3, 0.4) is 0 Å². The normalized spacial score (nSPS) is 12.6. The number of hydrogen-bond donors (Lipinski definition) is 2. The molecule has 1 amide bonds. The van der Waals surface area contributed by atoms with Crippen LogP contribution in [0.2, 0.25) is 5.02 Å². The molecule has 0 spiro atoms. The summed E-state index contributed by atoms with van der Waals surface area (Å²) in [5.41, 5.74) is 4.00. The summed E-state index contributed by atoms with van der Waals surface area (Å²) in [4.78, 5) is 12.2. The average molecular weight is 298 g/mol. The predicted molar refractivity (Wildman–Crippen MR) is 81.1 cm³/mol. The Morgan fingerprint density at radius 2 is 2.00 bits per heavy atom. The van der Waals surface area contributed by atoms with E-state index in [-0.39, 0.29) is 10.9 Å². The SMILES string of the molecule is N#Cc1ccc(C(=O)Nc2ccc3c(c2)CNC3)cc1Cl. The first-order valence-corrected chi connectivity index (χ1v) is 6.88. The molecular formula is C16H12ClN3O. The second kappa shape index (κ2) is 5.57. The van der Waals surface area contributed by atoms with Crippen LogP contribution in [0.15, 0.2) is 36.4 Å². The fourth-order valence-electron chi connectivity index (χ4n) is 2.32. The van der Waals surface area contributed by atoms with Crippen molar-refractivity contribution in [3.63, 3.8) is 0 Å². The molecular weight excluding hydrogens is 286 g/mol. The summed E-state index contributed by atoms with van der Waals surface area (Å²) < 4.78 is 0. The highest BCUT2D eigenvalue weighted by Gasteiger charge is 2.13. The molecule has 3 rings (SSSR count). The lowest BCUT2D eigenvalue weighted by Crippen LogP contribution is -2.12. The van der Waals surface area contributed by atoms with Crippen LogP contribution in [0.4, 0.5) is 5.69 Å². The second-order valence-electron chi connectivity index (χ2n) is 4.85. The Bertz CT molecular complexity index is 765. The minimum Gasteiger partial charge on any atom is -0.322 e. The first kappa shape index (κ1) is 13.6. The summed E-state index contributed by atoms with van der Waals surface area (Å²) in [7, 11) is 0. The quantitative estimate of drug-likeness (QED) is 0.895. The Hall–Kier alpha value is -2.35. The van der Waals surface area contributed by atoms with Crippen molar-refractivity contribution in [1.82, 2.24) is 5.32 Å². The number of rotatable bonds is 2. The van der Waals surface area contributed by atoms with E-state index in [0.29, 0.717) is 11.1 Å². The summed E-state index contributed by atoms with van der Waals surface area (Å²) in [5.74, 6) is -0.243. The van der Waals surface area contributed by atoms with Gasteiger partial charge in [-0.2, -0.15) is 5.26 Å². The number of anilines is 1. The molecule has 2 aromatic carbocycles. The van der Waals surface area contributed by atoms with Gasteiger partial charge >= 0.3 is 0 Å². The Morgan fingerprint density at radius 3 is 2.76 bits per heavy atom. The lowest BCUT2D eigenvalue weighted by atomic mass is 10.1. The van der Waals surface area contributed by atoms with Gasteiger partial charge in [-0.3, -0.25) is 4.79 Å². The van der Waals surface area contributed by atoms with Gasteiger partial charge in [0.15, 0.2) is 0 Å². The number of nitrogens with zero attached hydrogens (tertiary/aromatic N) is 1. The van der Waals surface area contributed by atoms with E-state index in [9.17, 15) is 4.79 Å². The minimum atomic E-state index is -0.243. The molecule has 0 fully saturated rings. The monoisotopic (exact) mass is 297 g/mol. The molecule has 0 aromatic heterocycles. The van der Waals surface area contributed by atoms with E-state index in [2.05, 4.69) is 10.6 Å². The van der Waals surface area contributed by atoms with Gasteiger partial charge in [-0.05, 0) is 41.5 Å².